The summed E-state index contributed by atoms with van der Waals surface area (Å²) in [7, 11) is 0. The van der Waals surface area contributed by atoms with Crippen LogP contribution < -0.4 is 10.9 Å². The molecule has 0 aliphatic heterocycles. The first kappa shape index (κ1) is 13.7. The molecule has 0 unspecified atom stereocenters. The maximum absolute atomic E-state index is 12.2. The number of aryl methyl sites for hydroxylation is 1. The van der Waals surface area contributed by atoms with Crippen molar-refractivity contribution in [3.63, 3.8) is 0 Å². The van der Waals surface area contributed by atoms with Gasteiger partial charge in [0.2, 0.25) is 0 Å². The van der Waals surface area contributed by atoms with Crippen LogP contribution in [0.5, 0.6) is 0 Å². The van der Waals surface area contributed by atoms with Crippen LogP contribution in [0.2, 0.25) is 0 Å². The second-order valence-electron chi connectivity index (χ2n) is 4.72. The zero-order valence-corrected chi connectivity index (χ0v) is 11.4. The second kappa shape index (κ2) is 7.04. The van der Waals surface area contributed by atoms with Crippen molar-refractivity contribution in [2.75, 3.05) is 13.1 Å². The van der Waals surface area contributed by atoms with Crippen LogP contribution in [0, 0.1) is 0 Å². The lowest BCUT2D eigenvalue weighted by atomic mass is 10.2. The van der Waals surface area contributed by atoms with Gasteiger partial charge >= 0.3 is 0 Å². The van der Waals surface area contributed by atoms with E-state index < -0.39 is 0 Å². The lowest BCUT2D eigenvalue weighted by Gasteiger charge is -2.06. The summed E-state index contributed by atoms with van der Waals surface area (Å²) in [5.74, 6) is 0. The first-order valence-electron chi connectivity index (χ1n) is 6.98. The summed E-state index contributed by atoms with van der Waals surface area (Å²) in [5, 5.41) is 9.24. The highest BCUT2D eigenvalue weighted by Crippen LogP contribution is 2.06. The first-order chi connectivity index (χ1) is 9.33. The summed E-state index contributed by atoms with van der Waals surface area (Å²) in [6.45, 7) is 4.92. The van der Waals surface area contributed by atoms with Crippen LogP contribution in [0.1, 0.15) is 26.2 Å². The van der Waals surface area contributed by atoms with E-state index >= 15 is 0 Å². The number of fused-ring (bicyclic) bond motifs is 1. The van der Waals surface area contributed by atoms with E-state index in [1.54, 1.807) is 10.9 Å². The van der Waals surface area contributed by atoms with Crippen LogP contribution >= 0.6 is 0 Å². The third kappa shape index (κ3) is 3.64. The molecule has 0 aliphatic carbocycles. The van der Waals surface area contributed by atoms with Crippen molar-refractivity contribution in [1.29, 1.82) is 0 Å². The summed E-state index contributed by atoms with van der Waals surface area (Å²) < 4.78 is 1.57. The molecule has 4 heteroatoms. The highest BCUT2D eigenvalue weighted by atomic mass is 16.1. The molecule has 102 valence electrons. The summed E-state index contributed by atoms with van der Waals surface area (Å²) in [5.41, 5.74) is 0.0135. The molecule has 0 atom stereocenters. The van der Waals surface area contributed by atoms with Crippen molar-refractivity contribution in [2.45, 2.75) is 32.7 Å². The monoisotopic (exact) mass is 259 g/mol. The zero-order valence-electron chi connectivity index (χ0n) is 11.4. The van der Waals surface area contributed by atoms with Crippen molar-refractivity contribution in [3.05, 3.63) is 40.8 Å². The molecular formula is C15H21N3O. The Bertz CT molecular complexity index is 577. The van der Waals surface area contributed by atoms with Crippen molar-refractivity contribution in [3.8, 4) is 0 Å². The van der Waals surface area contributed by atoms with Gasteiger partial charge < -0.3 is 5.32 Å². The lowest BCUT2D eigenvalue weighted by Crippen LogP contribution is -2.23. The Morgan fingerprint density at radius 2 is 2.05 bits per heavy atom. The Morgan fingerprint density at radius 1 is 1.21 bits per heavy atom. The SMILES string of the molecule is CCCNCCCCn1ncc2ccccc2c1=O. The fourth-order valence-corrected chi connectivity index (χ4v) is 2.10. The number of hydrogen-bond donors (Lipinski definition) is 1. The lowest BCUT2D eigenvalue weighted by molar-refractivity contribution is 0.519. The predicted molar refractivity (Wildman–Crippen MR) is 78.4 cm³/mol. The molecule has 0 aliphatic rings. The minimum Gasteiger partial charge on any atom is -0.317 e. The van der Waals surface area contributed by atoms with Crippen LogP contribution in [0.25, 0.3) is 10.8 Å². The third-order valence-electron chi connectivity index (χ3n) is 3.16. The average molecular weight is 259 g/mol. The molecule has 2 aromatic rings. The van der Waals surface area contributed by atoms with Gasteiger partial charge in [0.05, 0.1) is 11.6 Å². The van der Waals surface area contributed by atoms with Crippen molar-refractivity contribution < 1.29 is 0 Å². The smallest absolute Gasteiger partial charge is 0.274 e. The molecule has 2 rings (SSSR count). The van der Waals surface area contributed by atoms with Gasteiger partial charge in [0, 0.05) is 11.9 Å². The first-order valence-corrected chi connectivity index (χ1v) is 6.98. The van der Waals surface area contributed by atoms with Gasteiger partial charge in [-0.15, -0.1) is 0 Å². The van der Waals surface area contributed by atoms with Gasteiger partial charge in [-0.3, -0.25) is 4.79 Å². The van der Waals surface area contributed by atoms with E-state index in [-0.39, 0.29) is 5.56 Å². The van der Waals surface area contributed by atoms with Gasteiger partial charge in [-0.25, -0.2) is 4.68 Å². The summed E-state index contributed by atoms with van der Waals surface area (Å²) in [6, 6.07) is 7.59. The van der Waals surface area contributed by atoms with Gasteiger partial charge in [0.25, 0.3) is 5.56 Å². The molecule has 4 nitrogen and oxygen atoms in total. The molecule has 0 saturated carbocycles. The Hall–Kier alpha value is -1.68. The molecule has 0 fully saturated rings. The standard InChI is InChI=1S/C15H21N3O/c1-2-9-16-10-5-6-11-18-15(19)14-8-4-3-7-13(14)12-17-18/h3-4,7-8,12,16H,2,5-6,9-11H2,1H3. The maximum Gasteiger partial charge on any atom is 0.274 e. The molecule has 0 amide bonds. The quantitative estimate of drug-likeness (QED) is 0.775. The van der Waals surface area contributed by atoms with Crippen LogP contribution in [0.15, 0.2) is 35.3 Å². The fourth-order valence-electron chi connectivity index (χ4n) is 2.10. The van der Waals surface area contributed by atoms with Crippen molar-refractivity contribution in [1.82, 2.24) is 15.1 Å². The van der Waals surface area contributed by atoms with Crippen LogP contribution in [-0.4, -0.2) is 22.9 Å². The Morgan fingerprint density at radius 3 is 2.89 bits per heavy atom. The van der Waals surface area contributed by atoms with Gasteiger partial charge in [0.1, 0.15) is 0 Å². The Balaban J connectivity index is 1.94. The minimum absolute atomic E-state index is 0.0135. The molecule has 1 N–H and O–H groups in total. The number of hydrogen-bond acceptors (Lipinski definition) is 3. The molecule has 0 saturated heterocycles. The average Bonchev–Trinajstić information content (AvgIpc) is 2.45. The number of nitrogens with zero attached hydrogens (tertiary/aromatic N) is 2. The maximum atomic E-state index is 12.2. The van der Waals surface area contributed by atoms with Crippen molar-refractivity contribution in [2.24, 2.45) is 0 Å². The van der Waals surface area contributed by atoms with Crippen LogP contribution in [0.4, 0.5) is 0 Å². The van der Waals surface area contributed by atoms with Crippen molar-refractivity contribution >= 4 is 10.8 Å². The summed E-state index contributed by atoms with van der Waals surface area (Å²) in [6.07, 6.45) is 4.97. The van der Waals surface area contributed by atoms with Gasteiger partial charge in [0.15, 0.2) is 0 Å². The minimum atomic E-state index is 0.0135. The number of nitrogens with one attached hydrogen (secondary N) is 1. The van der Waals surface area contributed by atoms with Gasteiger partial charge in [-0.05, 0) is 38.4 Å². The largest absolute Gasteiger partial charge is 0.317 e. The number of rotatable bonds is 7. The summed E-state index contributed by atoms with van der Waals surface area (Å²) in [4.78, 5) is 12.2. The Kier molecular flexibility index (Phi) is 5.10. The normalized spacial score (nSPS) is 11.0. The molecule has 0 spiro atoms. The molecule has 0 radical (unpaired) electrons. The van der Waals surface area contributed by atoms with E-state index in [1.807, 2.05) is 24.3 Å². The molecule has 19 heavy (non-hydrogen) atoms. The van der Waals surface area contributed by atoms with E-state index in [4.69, 9.17) is 0 Å². The van der Waals surface area contributed by atoms with E-state index in [1.165, 1.54) is 0 Å². The second-order valence-corrected chi connectivity index (χ2v) is 4.72. The predicted octanol–water partition coefficient (Wildman–Crippen LogP) is 2.18. The van der Waals surface area contributed by atoms with E-state index in [9.17, 15) is 4.79 Å². The highest BCUT2D eigenvalue weighted by Gasteiger charge is 2.02. The van der Waals surface area contributed by atoms with Crippen LogP contribution in [0.3, 0.4) is 0 Å². The number of benzene rings is 1. The van der Waals surface area contributed by atoms with E-state index in [0.29, 0.717) is 6.54 Å². The highest BCUT2D eigenvalue weighted by molar-refractivity contribution is 5.80. The fraction of sp³-hybridized carbons (Fsp3) is 0.467. The molecular weight excluding hydrogens is 238 g/mol. The van der Waals surface area contributed by atoms with Gasteiger partial charge in [-0.2, -0.15) is 5.10 Å². The van der Waals surface area contributed by atoms with E-state index in [0.717, 1.165) is 43.1 Å². The van der Waals surface area contributed by atoms with Gasteiger partial charge in [-0.1, -0.05) is 25.1 Å². The third-order valence-corrected chi connectivity index (χ3v) is 3.16. The topological polar surface area (TPSA) is 46.9 Å². The number of unbranched alkanes of at least 4 members (excludes halogenated alkanes) is 1. The Labute approximate surface area is 113 Å². The molecule has 1 aromatic carbocycles. The molecule has 1 heterocycles. The number of aromatic nitrogens is 2. The van der Waals surface area contributed by atoms with E-state index in [2.05, 4.69) is 17.3 Å². The van der Waals surface area contributed by atoms with Crippen LogP contribution in [-0.2, 0) is 6.54 Å². The summed E-state index contributed by atoms with van der Waals surface area (Å²) >= 11 is 0. The zero-order chi connectivity index (χ0) is 13.5. The molecule has 1 aromatic heterocycles. The molecule has 0 bridgehead atoms.